The number of rotatable bonds is 6. The zero-order chi connectivity index (χ0) is 11.3. The van der Waals surface area contributed by atoms with E-state index in [1.165, 1.54) is 19.1 Å². The van der Waals surface area contributed by atoms with Crippen LogP contribution in [0.2, 0.25) is 0 Å². The van der Waals surface area contributed by atoms with Crippen molar-refractivity contribution in [3.63, 3.8) is 0 Å². The summed E-state index contributed by atoms with van der Waals surface area (Å²) < 4.78 is 4.94. The third kappa shape index (κ3) is 3.22. The number of carbonyl (C=O) groups excluding carboxylic acids is 1. The molecule has 84 valence electrons. The molecule has 0 saturated carbocycles. The number of Topliss-reactive ketones (excluding diaryl/α,β-unsaturated/α-hetero) is 1. The van der Waals surface area contributed by atoms with E-state index < -0.39 is 0 Å². The fourth-order valence-electron chi connectivity index (χ4n) is 1.71. The van der Waals surface area contributed by atoms with Crippen LogP contribution in [-0.2, 0) is 0 Å². The van der Waals surface area contributed by atoms with E-state index in [0.717, 1.165) is 12.8 Å². The lowest BCUT2D eigenvalue weighted by atomic mass is 9.80. The fourth-order valence-corrected chi connectivity index (χ4v) is 1.71. The second-order valence-corrected chi connectivity index (χ2v) is 4.68. The average Bonchev–Trinajstić information content (AvgIpc) is 2.69. The van der Waals surface area contributed by atoms with Crippen LogP contribution in [0.1, 0.15) is 56.8 Å². The van der Waals surface area contributed by atoms with Gasteiger partial charge in [0.2, 0.25) is 0 Å². The minimum absolute atomic E-state index is 0.187. The molecule has 0 unspecified atom stereocenters. The van der Waals surface area contributed by atoms with Crippen LogP contribution in [0.4, 0.5) is 0 Å². The highest BCUT2D eigenvalue weighted by molar-refractivity contribution is 5.99. The van der Waals surface area contributed by atoms with Crippen molar-refractivity contribution in [2.24, 2.45) is 5.41 Å². The Morgan fingerprint density at radius 2 is 2.13 bits per heavy atom. The van der Waals surface area contributed by atoms with Gasteiger partial charge in [-0.2, -0.15) is 0 Å². The summed E-state index contributed by atoms with van der Waals surface area (Å²) in [6.07, 6.45) is 7.54. The molecule has 0 spiro atoms. The molecule has 1 aromatic rings. The first-order valence-electron chi connectivity index (χ1n) is 5.65. The molecule has 0 aliphatic carbocycles. The Kier molecular flexibility index (Phi) is 4.13. The quantitative estimate of drug-likeness (QED) is 0.521. The van der Waals surface area contributed by atoms with Crippen molar-refractivity contribution in [1.29, 1.82) is 0 Å². The van der Waals surface area contributed by atoms with Crippen LogP contribution < -0.4 is 0 Å². The number of furan rings is 1. The molecule has 1 heterocycles. The van der Waals surface area contributed by atoms with Crippen molar-refractivity contribution in [3.8, 4) is 0 Å². The molecular weight excluding hydrogens is 188 g/mol. The number of hydrogen-bond donors (Lipinski definition) is 0. The second-order valence-electron chi connectivity index (χ2n) is 4.68. The first-order chi connectivity index (χ1) is 7.08. The second kappa shape index (κ2) is 5.15. The van der Waals surface area contributed by atoms with Gasteiger partial charge in [0.25, 0.3) is 0 Å². The van der Waals surface area contributed by atoms with Gasteiger partial charge in [-0.25, -0.2) is 0 Å². The third-order valence-electron chi connectivity index (χ3n) is 2.80. The Morgan fingerprint density at radius 1 is 1.40 bits per heavy atom. The van der Waals surface area contributed by atoms with Crippen LogP contribution in [0.3, 0.4) is 0 Å². The van der Waals surface area contributed by atoms with E-state index in [9.17, 15) is 4.79 Å². The molecule has 0 aliphatic rings. The highest BCUT2D eigenvalue weighted by atomic mass is 16.3. The first-order valence-corrected chi connectivity index (χ1v) is 5.65. The molecular formula is C13H20O2. The van der Waals surface area contributed by atoms with Crippen molar-refractivity contribution < 1.29 is 9.21 Å². The molecule has 0 bridgehead atoms. The Bertz CT molecular complexity index is 296. The summed E-state index contributed by atoms with van der Waals surface area (Å²) in [7, 11) is 0. The van der Waals surface area contributed by atoms with Crippen LogP contribution in [0.15, 0.2) is 23.0 Å². The number of unbranched alkanes of at least 4 members (excludes halogenated alkanes) is 2. The van der Waals surface area contributed by atoms with Gasteiger partial charge in [0, 0.05) is 5.41 Å². The maximum atomic E-state index is 12.1. The van der Waals surface area contributed by atoms with E-state index >= 15 is 0 Å². The Hall–Kier alpha value is -1.05. The maximum Gasteiger partial charge on any atom is 0.171 e. The molecule has 0 saturated heterocycles. The van der Waals surface area contributed by atoms with Crippen LogP contribution in [0.5, 0.6) is 0 Å². The number of carbonyl (C=O) groups is 1. The van der Waals surface area contributed by atoms with E-state index in [1.807, 2.05) is 13.8 Å². The summed E-state index contributed by atoms with van der Waals surface area (Å²) in [5, 5.41) is 0. The average molecular weight is 208 g/mol. The molecule has 1 aromatic heterocycles. The van der Waals surface area contributed by atoms with E-state index in [1.54, 1.807) is 12.3 Å². The van der Waals surface area contributed by atoms with Crippen molar-refractivity contribution in [1.82, 2.24) is 0 Å². The molecule has 0 atom stereocenters. The summed E-state index contributed by atoms with van der Waals surface area (Å²) in [5.74, 6) is 0.187. The number of hydrogen-bond acceptors (Lipinski definition) is 2. The molecule has 0 amide bonds. The lowest BCUT2D eigenvalue weighted by molar-refractivity contribution is 0.0822. The highest BCUT2D eigenvalue weighted by Crippen LogP contribution is 2.28. The summed E-state index contributed by atoms with van der Waals surface area (Å²) >= 11 is 0. The van der Waals surface area contributed by atoms with Gasteiger partial charge in [-0.3, -0.25) is 4.79 Å². The van der Waals surface area contributed by atoms with Gasteiger partial charge in [0.15, 0.2) is 5.78 Å². The van der Waals surface area contributed by atoms with Crippen LogP contribution >= 0.6 is 0 Å². The normalized spacial score (nSPS) is 11.7. The molecule has 2 heteroatoms. The first kappa shape index (κ1) is 12.0. The maximum absolute atomic E-state index is 12.1. The van der Waals surface area contributed by atoms with Gasteiger partial charge in [-0.1, -0.05) is 40.0 Å². The van der Waals surface area contributed by atoms with Crippen LogP contribution in [0.25, 0.3) is 0 Å². The Balaban J connectivity index is 2.57. The molecule has 0 aromatic carbocycles. The lowest BCUT2D eigenvalue weighted by Gasteiger charge is -2.22. The minimum Gasteiger partial charge on any atom is -0.472 e. The number of ketones is 1. The van der Waals surface area contributed by atoms with Crippen molar-refractivity contribution in [2.45, 2.75) is 46.5 Å². The SMILES string of the molecule is CCCCCC(C)(C)C(=O)c1ccoc1. The molecule has 1 rings (SSSR count). The van der Waals surface area contributed by atoms with E-state index in [-0.39, 0.29) is 11.2 Å². The molecule has 0 fully saturated rings. The Morgan fingerprint density at radius 3 is 2.67 bits per heavy atom. The van der Waals surface area contributed by atoms with Gasteiger partial charge >= 0.3 is 0 Å². The predicted molar refractivity (Wildman–Crippen MR) is 61.0 cm³/mol. The van der Waals surface area contributed by atoms with Gasteiger partial charge in [-0.05, 0) is 12.5 Å². The van der Waals surface area contributed by atoms with E-state index in [4.69, 9.17) is 4.42 Å². The predicted octanol–water partition coefficient (Wildman–Crippen LogP) is 4.07. The van der Waals surface area contributed by atoms with Crippen molar-refractivity contribution >= 4 is 5.78 Å². The van der Waals surface area contributed by atoms with Gasteiger partial charge in [0.1, 0.15) is 6.26 Å². The zero-order valence-corrected chi connectivity index (χ0v) is 9.88. The lowest BCUT2D eigenvalue weighted by Crippen LogP contribution is -2.23. The van der Waals surface area contributed by atoms with E-state index in [2.05, 4.69) is 6.92 Å². The Labute approximate surface area is 91.7 Å². The molecule has 0 radical (unpaired) electrons. The zero-order valence-electron chi connectivity index (χ0n) is 9.88. The topological polar surface area (TPSA) is 30.2 Å². The van der Waals surface area contributed by atoms with Gasteiger partial charge in [-0.15, -0.1) is 0 Å². The fraction of sp³-hybridized carbons (Fsp3) is 0.615. The van der Waals surface area contributed by atoms with Gasteiger partial charge < -0.3 is 4.42 Å². The van der Waals surface area contributed by atoms with Crippen molar-refractivity contribution in [3.05, 3.63) is 24.2 Å². The summed E-state index contributed by atoms with van der Waals surface area (Å²) in [4.78, 5) is 12.1. The third-order valence-corrected chi connectivity index (χ3v) is 2.80. The molecule has 0 aliphatic heterocycles. The summed E-state index contributed by atoms with van der Waals surface area (Å²) in [6.45, 7) is 6.20. The van der Waals surface area contributed by atoms with Crippen molar-refractivity contribution in [2.75, 3.05) is 0 Å². The monoisotopic (exact) mass is 208 g/mol. The van der Waals surface area contributed by atoms with E-state index in [0.29, 0.717) is 5.56 Å². The van der Waals surface area contributed by atoms with Crippen LogP contribution in [0, 0.1) is 5.41 Å². The molecule has 2 nitrogen and oxygen atoms in total. The highest BCUT2D eigenvalue weighted by Gasteiger charge is 2.28. The summed E-state index contributed by atoms with van der Waals surface area (Å²) in [5.41, 5.74) is 0.426. The molecule has 0 N–H and O–H groups in total. The molecule has 15 heavy (non-hydrogen) atoms. The minimum atomic E-state index is -0.265. The van der Waals surface area contributed by atoms with Crippen LogP contribution in [-0.4, -0.2) is 5.78 Å². The summed E-state index contributed by atoms with van der Waals surface area (Å²) in [6, 6.07) is 1.74. The largest absolute Gasteiger partial charge is 0.472 e. The van der Waals surface area contributed by atoms with Gasteiger partial charge in [0.05, 0.1) is 11.8 Å². The standard InChI is InChI=1S/C13H20O2/c1-4-5-6-8-13(2,3)12(14)11-7-9-15-10-11/h7,9-10H,4-6,8H2,1-3H3. The smallest absolute Gasteiger partial charge is 0.171 e.